The number of nitrogens with one attached hydrogen (secondary N) is 2. The van der Waals surface area contributed by atoms with Crippen molar-refractivity contribution in [3.8, 4) is 16.9 Å². The first-order valence-corrected chi connectivity index (χ1v) is 10.5. The first-order chi connectivity index (χ1) is 16.5. The van der Waals surface area contributed by atoms with Crippen LogP contribution in [-0.2, 0) is 9.53 Å². The molecule has 0 aliphatic rings. The Labute approximate surface area is 196 Å². The molecule has 0 aliphatic carbocycles. The molecule has 2 amide bonds. The van der Waals surface area contributed by atoms with Crippen LogP contribution >= 0.6 is 0 Å². The quantitative estimate of drug-likeness (QED) is 0.415. The minimum Gasteiger partial charge on any atom is -0.468 e. The van der Waals surface area contributed by atoms with E-state index < -0.39 is 11.9 Å². The van der Waals surface area contributed by atoms with Crippen LogP contribution in [-0.4, -0.2) is 41.2 Å². The molecule has 3 aromatic carbocycles. The molecule has 0 saturated heterocycles. The second kappa shape index (κ2) is 10.3. The third-order valence-electron chi connectivity index (χ3n) is 5.07. The fourth-order valence-electron chi connectivity index (χ4n) is 3.38. The number of esters is 1. The van der Waals surface area contributed by atoms with Crippen molar-refractivity contribution >= 4 is 23.5 Å². The first-order valence-electron chi connectivity index (χ1n) is 10.5. The van der Waals surface area contributed by atoms with E-state index in [0.29, 0.717) is 16.8 Å². The van der Waals surface area contributed by atoms with Crippen molar-refractivity contribution in [1.29, 1.82) is 0 Å². The van der Waals surface area contributed by atoms with Gasteiger partial charge in [0.2, 0.25) is 0 Å². The lowest BCUT2D eigenvalue weighted by Crippen LogP contribution is -2.30. The van der Waals surface area contributed by atoms with Crippen LogP contribution in [0.5, 0.6) is 0 Å². The van der Waals surface area contributed by atoms with E-state index in [1.165, 1.54) is 13.2 Å². The number of rotatable bonds is 7. The van der Waals surface area contributed by atoms with Crippen molar-refractivity contribution in [3.63, 3.8) is 0 Å². The van der Waals surface area contributed by atoms with E-state index in [4.69, 9.17) is 0 Å². The van der Waals surface area contributed by atoms with Gasteiger partial charge in [-0.05, 0) is 42.5 Å². The van der Waals surface area contributed by atoms with Gasteiger partial charge in [-0.15, -0.1) is 0 Å². The Morgan fingerprint density at radius 2 is 1.59 bits per heavy atom. The molecule has 2 N–H and O–H groups in total. The molecule has 1 aromatic heterocycles. The molecule has 0 spiro atoms. The van der Waals surface area contributed by atoms with Gasteiger partial charge in [0.25, 0.3) is 11.8 Å². The van der Waals surface area contributed by atoms with Crippen molar-refractivity contribution < 1.29 is 19.1 Å². The highest BCUT2D eigenvalue weighted by Gasteiger charge is 2.13. The molecule has 170 valence electrons. The van der Waals surface area contributed by atoms with Gasteiger partial charge in [-0.25, -0.2) is 4.68 Å². The molecule has 0 atom stereocenters. The highest BCUT2D eigenvalue weighted by Crippen LogP contribution is 2.23. The Balaban J connectivity index is 1.51. The number of benzene rings is 3. The maximum absolute atomic E-state index is 12.9. The zero-order chi connectivity index (χ0) is 23.9. The maximum Gasteiger partial charge on any atom is 0.325 e. The lowest BCUT2D eigenvalue weighted by Gasteiger charge is -2.11. The number of ether oxygens (including phenoxy) is 1. The predicted molar refractivity (Wildman–Crippen MR) is 128 cm³/mol. The SMILES string of the molecule is COC(=O)CNC(=O)c1cccc(NC(=O)c2cccc(-n3nccc3-c3ccccc3)c2)c1. The van der Waals surface area contributed by atoms with Crippen LogP contribution in [0.4, 0.5) is 5.69 Å². The zero-order valence-electron chi connectivity index (χ0n) is 18.4. The lowest BCUT2D eigenvalue weighted by molar-refractivity contribution is -0.139. The standard InChI is InChI=1S/C26H22N4O4/c1-34-24(31)17-27-25(32)19-9-5-11-21(15-19)29-26(33)20-10-6-12-22(16-20)30-23(13-14-28-30)18-7-3-2-4-8-18/h2-16H,17H2,1H3,(H,27,32)(H,29,33). The second-order valence-electron chi connectivity index (χ2n) is 7.34. The molecule has 0 radical (unpaired) electrons. The fraction of sp³-hybridized carbons (Fsp3) is 0.0769. The maximum atomic E-state index is 12.9. The molecule has 4 aromatic rings. The number of carbonyl (C=O) groups excluding carboxylic acids is 3. The fourth-order valence-corrected chi connectivity index (χ4v) is 3.38. The number of aromatic nitrogens is 2. The Hall–Kier alpha value is -4.72. The third-order valence-corrected chi connectivity index (χ3v) is 5.07. The summed E-state index contributed by atoms with van der Waals surface area (Å²) in [7, 11) is 1.24. The number of amides is 2. The summed E-state index contributed by atoms with van der Waals surface area (Å²) in [6.07, 6.45) is 1.71. The van der Waals surface area contributed by atoms with Crippen LogP contribution in [0.2, 0.25) is 0 Å². The van der Waals surface area contributed by atoms with Gasteiger partial charge in [0.05, 0.1) is 24.7 Å². The molecule has 8 heteroatoms. The van der Waals surface area contributed by atoms with E-state index in [1.807, 2.05) is 42.5 Å². The molecule has 34 heavy (non-hydrogen) atoms. The monoisotopic (exact) mass is 454 g/mol. The van der Waals surface area contributed by atoms with Gasteiger partial charge in [-0.1, -0.05) is 42.5 Å². The van der Waals surface area contributed by atoms with E-state index >= 15 is 0 Å². The molecule has 0 bridgehead atoms. The second-order valence-corrected chi connectivity index (χ2v) is 7.34. The number of anilines is 1. The highest BCUT2D eigenvalue weighted by molar-refractivity contribution is 6.05. The van der Waals surface area contributed by atoms with Crippen molar-refractivity contribution in [3.05, 3.63) is 102 Å². The molecule has 0 saturated carbocycles. The summed E-state index contributed by atoms with van der Waals surface area (Å²) in [4.78, 5) is 36.4. The van der Waals surface area contributed by atoms with Crippen molar-refractivity contribution in [2.75, 3.05) is 19.0 Å². The third kappa shape index (κ3) is 5.18. The Bertz CT molecular complexity index is 1330. The molecule has 0 fully saturated rings. The van der Waals surface area contributed by atoms with Gasteiger partial charge < -0.3 is 15.4 Å². The molecular formula is C26H22N4O4. The number of carbonyl (C=O) groups is 3. The van der Waals surface area contributed by atoms with Crippen molar-refractivity contribution in [2.24, 2.45) is 0 Å². The van der Waals surface area contributed by atoms with Crippen LogP contribution in [0.25, 0.3) is 16.9 Å². The highest BCUT2D eigenvalue weighted by atomic mass is 16.5. The van der Waals surface area contributed by atoms with E-state index in [0.717, 1.165) is 16.9 Å². The summed E-state index contributed by atoms with van der Waals surface area (Å²) in [5.74, 6) is -1.33. The van der Waals surface area contributed by atoms with E-state index in [1.54, 1.807) is 47.3 Å². The van der Waals surface area contributed by atoms with Gasteiger partial charge in [0.15, 0.2) is 0 Å². The Morgan fingerprint density at radius 3 is 2.35 bits per heavy atom. The smallest absolute Gasteiger partial charge is 0.325 e. The minimum absolute atomic E-state index is 0.239. The number of hydrogen-bond donors (Lipinski definition) is 2. The van der Waals surface area contributed by atoms with Crippen LogP contribution in [0.1, 0.15) is 20.7 Å². The average molecular weight is 454 g/mol. The summed E-state index contributed by atoms with van der Waals surface area (Å²) < 4.78 is 6.29. The molecule has 8 nitrogen and oxygen atoms in total. The van der Waals surface area contributed by atoms with E-state index in [9.17, 15) is 14.4 Å². The lowest BCUT2D eigenvalue weighted by atomic mass is 10.1. The molecule has 0 unspecified atom stereocenters. The largest absolute Gasteiger partial charge is 0.468 e. The number of hydrogen-bond acceptors (Lipinski definition) is 5. The van der Waals surface area contributed by atoms with Gasteiger partial charge >= 0.3 is 5.97 Å². The van der Waals surface area contributed by atoms with E-state index in [2.05, 4.69) is 20.5 Å². The normalized spacial score (nSPS) is 10.4. The van der Waals surface area contributed by atoms with Crippen molar-refractivity contribution in [1.82, 2.24) is 15.1 Å². The summed E-state index contributed by atoms with van der Waals surface area (Å²) in [6, 6.07) is 25.4. The molecule has 1 heterocycles. The Morgan fingerprint density at radius 1 is 0.853 bits per heavy atom. The van der Waals surface area contributed by atoms with Crippen LogP contribution in [0.3, 0.4) is 0 Å². The molecule has 4 rings (SSSR count). The molecule has 0 aliphatic heterocycles. The van der Waals surface area contributed by atoms with Gasteiger partial charge in [-0.2, -0.15) is 5.10 Å². The topological polar surface area (TPSA) is 102 Å². The summed E-state index contributed by atoms with van der Waals surface area (Å²) in [5.41, 5.74) is 3.85. The van der Waals surface area contributed by atoms with Gasteiger partial charge in [0.1, 0.15) is 6.54 Å². The average Bonchev–Trinajstić information content (AvgIpc) is 3.38. The summed E-state index contributed by atoms with van der Waals surface area (Å²) >= 11 is 0. The van der Waals surface area contributed by atoms with Crippen LogP contribution < -0.4 is 10.6 Å². The van der Waals surface area contributed by atoms with Crippen LogP contribution in [0, 0.1) is 0 Å². The van der Waals surface area contributed by atoms with Crippen LogP contribution in [0.15, 0.2) is 91.1 Å². The minimum atomic E-state index is -0.551. The van der Waals surface area contributed by atoms with Gasteiger partial charge in [-0.3, -0.25) is 14.4 Å². The summed E-state index contributed by atoms with van der Waals surface area (Å²) in [6.45, 7) is -0.239. The summed E-state index contributed by atoms with van der Waals surface area (Å²) in [5, 5.41) is 9.70. The number of nitrogens with zero attached hydrogens (tertiary/aromatic N) is 2. The van der Waals surface area contributed by atoms with E-state index in [-0.39, 0.29) is 12.5 Å². The predicted octanol–water partition coefficient (Wildman–Crippen LogP) is 3.69. The van der Waals surface area contributed by atoms with Crippen molar-refractivity contribution in [2.45, 2.75) is 0 Å². The first kappa shape index (κ1) is 22.5. The molecular weight excluding hydrogens is 432 g/mol. The van der Waals surface area contributed by atoms with Gasteiger partial charge in [0, 0.05) is 22.4 Å². The Kier molecular flexibility index (Phi) is 6.78. The number of methoxy groups -OCH3 is 1. The zero-order valence-corrected chi connectivity index (χ0v) is 18.4.